The lowest BCUT2D eigenvalue weighted by atomic mass is 10.2. The average molecular weight is 202 g/mol. The Morgan fingerprint density at radius 1 is 1.46 bits per heavy atom. The first kappa shape index (κ1) is 9.80. The number of aliphatic imine (C=N–C) groups is 1. The molecule has 0 radical (unpaired) electrons. The molecule has 0 atom stereocenters. The molecule has 0 fully saturated rings. The molecule has 5 heteroatoms. The Bertz CT molecular complexity index is 314. The lowest BCUT2D eigenvalue weighted by molar-refractivity contribution is 0.611. The maximum Gasteiger partial charge on any atom is 0.186 e. The van der Waals surface area contributed by atoms with Crippen LogP contribution >= 0.6 is 11.6 Å². The molecule has 0 saturated carbocycles. The number of halogens is 2. The fraction of sp³-hybridized carbons (Fsp3) is 0.125. The van der Waals surface area contributed by atoms with E-state index in [-0.39, 0.29) is 12.5 Å². The second-order valence-corrected chi connectivity index (χ2v) is 2.85. The molecular weight excluding hydrogens is 193 g/mol. The van der Waals surface area contributed by atoms with Crippen LogP contribution in [0.4, 0.5) is 4.39 Å². The molecule has 0 bridgehead atoms. The van der Waals surface area contributed by atoms with E-state index in [0.29, 0.717) is 10.6 Å². The lowest BCUT2D eigenvalue weighted by Crippen LogP contribution is -2.22. The van der Waals surface area contributed by atoms with Crippen molar-refractivity contribution < 1.29 is 4.39 Å². The Labute approximate surface area is 80.2 Å². The van der Waals surface area contributed by atoms with Crippen LogP contribution in [0.1, 0.15) is 5.56 Å². The topological polar surface area (TPSA) is 64.4 Å². The maximum atomic E-state index is 13.1. The molecule has 70 valence electrons. The average Bonchev–Trinajstić information content (AvgIpc) is 2.03. The maximum absolute atomic E-state index is 13.1. The van der Waals surface area contributed by atoms with Crippen LogP contribution in [-0.2, 0) is 6.54 Å². The fourth-order valence-electron chi connectivity index (χ4n) is 0.854. The van der Waals surface area contributed by atoms with E-state index in [9.17, 15) is 4.39 Å². The van der Waals surface area contributed by atoms with E-state index in [1.165, 1.54) is 12.1 Å². The predicted molar refractivity (Wildman–Crippen MR) is 50.9 cm³/mol. The van der Waals surface area contributed by atoms with Crippen LogP contribution < -0.4 is 11.5 Å². The van der Waals surface area contributed by atoms with Gasteiger partial charge >= 0.3 is 0 Å². The van der Waals surface area contributed by atoms with E-state index in [2.05, 4.69) is 4.99 Å². The standard InChI is InChI=1S/C8H9ClFN3/c9-6-2-1-3-7(10)5(6)4-13-8(11)12/h1-3H,4H2,(H4,11,12,13). The number of nitrogens with zero attached hydrogens (tertiary/aromatic N) is 1. The van der Waals surface area contributed by atoms with Gasteiger partial charge in [0.15, 0.2) is 5.96 Å². The molecule has 0 heterocycles. The molecule has 3 nitrogen and oxygen atoms in total. The Balaban J connectivity index is 2.94. The van der Waals surface area contributed by atoms with Gasteiger partial charge in [-0.2, -0.15) is 0 Å². The summed E-state index contributed by atoms with van der Waals surface area (Å²) in [5.41, 5.74) is 10.5. The van der Waals surface area contributed by atoms with E-state index in [4.69, 9.17) is 23.1 Å². The van der Waals surface area contributed by atoms with Gasteiger partial charge in [-0.3, -0.25) is 0 Å². The monoisotopic (exact) mass is 201 g/mol. The van der Waals surface area contributed by atoms with Gasteiger partial charge < -0.3 is 11.5 Å². The van der Waals surface area contributed by atoms with Gasteiger partial charge in [0.25, 0.3) is 0 Å². The quantitative estimate of drug-likeness (QED) is 0.559. The third-order valence-electron chi connectivity index (χ3n) is 1.48. The second kappa shape index (κ2) is 4.09. The van der Waals surface area contributed by atoms with Crippen LogP contribution in [0.15, 0.2) is 23.2 Å². The number of nitrogens with two attached hydrogens (primary N) is 2. The molecule has 0 spiro atoms. The summed E-state index contributed by atoms with van der Waals surface area (Å²) in [5, 5.41) is 0.324. The SMILES string of the molecule is NC(N)=NCc1c(F)cccc1Cl. The minimum Gasteiger partial charge on any atom is -0.370 e. The van der Waals surface area contributed by atoms with E-state index >= 15 is 0 Å². The smallest absolute Gasteiger partial charge is 0.186 e. The van der Waals surface area contributed by atoms with Crippen LogP contribution in [0.5, 0.6) is 0 Å². The molecule has 0 aliphatic rings. The highest BCUT2D eigenvalue weighted by Crippen LogP contribution is 2.19. The van der Waals surface area contributed by atoms with Crippen LogP contribution in [0.3, 0.4) is 0 Å². The van der Waals surface area contributed by atoms with Crippen LogP contribution in [0.2, 0.25) is 5.02 Å². The van der Waals surface area contributed by atoms with Gasteiger partial charge in [-0.1, -0.05) is 17.7 Å². The van der Waals surface area contributed by atoms with Gasteiger partial charge in [0.1, 0.15) is 5.82 Å². The number of hydrogen-bond donors (Lipinski definition) is 2. The summed E-state index contributed by atoms with van der Waals surface area (Å²) in [6.45, 7) is 0.0633. The fourth-order valence-corrected chi connectivity index (χ4v) is 1.08. The first-order valence-electron chi connectivity index (χ1n) is 3.59. The summed E-state index contributed by atoms with van der Waals surface area (Å²) in [6.07, 6.45) is 0. The zero-order valence-corrected chi connectivity index (χ0v) is 7.55. The molecule has 1 rings (SSSR count). The number of hydrogen-bond acceptors (Lipinski definition) is 1. The Morgan fingerprint density at radius 2 is 2.15 bits per heavy atom. The van der Waals surface area contributed by atoms with Gasteiger partial charge in [-0.05, 0) is 12.1 Å². The Morgan fingerprint density at radius 3 is 2.69 bits per heavy atom. The predicted octanol–water partition coefficient (Wildman–Crippen LogP) is 1.25. The third kappa shape index (κ3) is 2.59. The van der Waals surface area contributed by atoms with E-state index in [1.54, 1.807) is 6.07 Å². The van der Waals surface area contributed by atoms with Crippen molar-refractivity contribution in [2.24, 2.45) is 16.5 Å². The van der Waals surface area contributed by atoms with Crippen LogP contribution in [-0.4, -0.2) is 5.96 Å². The Hall–Kier alpha value is -1.29. The van der Waals surface area contributed by atoms with E-state index in [0.717, 1.165) is 0 Å². The van der Waals surface area contributed by atoms with E-state index < -0.39 is 5.82 Å². The molecule has 1 aromatic carbocycles. The molecule has 0 unspecified atom stereocenters. The van der Waals surface area contributed by atoms with Crippen molar-refractivity contribution in [3.63, 3.8) is 0 Å². The number of guanidine groups is 1. The van der Waals surface area contributed by atoms with Crippen molar-refractivity contribution in [2.45, 2.75) is 6.54 Å². The van der Waals surface area contributed by atoms with Crippen molar-refractivity contribution in [3.05, 3.63) is 34.6 Å². The van der Waals surface area contributed by atoms with Crippen molar-refractivity contribution in [3.8, 4) is 0 Å². The summed E-state index contributed by atoms with van der Waals surface area (Å²) in [7, 11) is 0. The first-order chi connectivity index (χ1) is 6.11. The first-order valence-corrected chi connectivity index (χ1v) is 3.97. The molecule has 0 amide bonds. The third-order valence-corrected chi connectivity index (χ3v) is 1.84. The summed E-state index contributed by atoms with van der Waals surface area (Å²) < 4.78 is 13.1. The van der Waals surface area contributed by atoms with Crippen molar-refractivity contribution in [2.75, 3.05) is 0 Å². The molecule has 0 aliphatic heterocycles. The highest BCUT2D eigenvalue weighted by atomic mass is 35.5. The normalized spacial score (nSPS) is 9.69. The summed E-state index contributed by atoms with van der Waals surface area (Å²) in [6, 6.07) is 4.42. The minimum absolute atomic E-state index is 0.0633. The van der Waals surface area contributed by atoms with Gasteiger partial charge in [0, 0.05) is 10.6 Å². The van der Waals surface area contributed by atoms with Gasteiger partial charge in [-0.15, -0.1) is 0 Å². The second-order valence-electron chi connectivity index (χ2n) is 2.44. The summed E-state index contributed by atoms with van der Waals surface area (Å²) in [5.74, 6) is -0.489. The van der Waals surface area contributed by atoms with Crippen LogP contribution in [0, 0.1) is 5.82 Å². The van der Waals surface area contributed by atoms with Gasteiger partial charge in [0.05, 0.1) is 6.54 Å². The van der Waals surface area contributed by atoms with Crippen molar-refractivity contribution in [1.29, 1.82) is 0 Å². The zero-order chi connectivity index (χ0) is 9.84. The van der Waals surface area contributed by atoms with Gasteiger partial charge in [-0.25, -0.2) is 9.38 Å². The number of benzene rings is 1. The lowest BCUT2D eigenvalue weighted by Gasteiger charge is -2.01. The molecule has 0 aromatic heterocycles. The van der Waals surface area contributed by atoms with E-state index in [1.807, 2.05) is 0 Å². The van der Waals surface area contributed by atoms with Crippen molar-refractivity contribution >= 4 is 17.6 Å². The zero-order valence-electron chi connectivity index (χ0n) is 6.80. The van der Waals surface area contributed by atoms with Crippen LogP contribution in [0.25, 0.3) is 0 Å². The summed E-state index contributed by atoms with van der Waals surface area (Å²) in [4.78, 5) is 3.66. The Kier molecular flexibility index (Phi) is 3.08. The summed E-state index contributed by atoms with van der Waals surface area (Å²) >= 11 is 5.72. The highest BCUT2D eigenvalue weighted by Gasteiger charge is 2.04. The van der Waals surface area contributed by atoms with Gasteiger partial charge in [0.2, 0.25) is 0 Å². The highest BCUT2D eigenvalue weighted by molar-refractivity contribution is 6.31. The molecule has 4 N–H and O–H groups in total. The minimum atomic E-state index is -0.405. The molecular formula is C8H9ClFN3. The number of rotatable bonds is 2. The van der Waals surface area contributed by atoms with Crippen molar-refractivity contribution in [1.82, 2.24) is 0 Å². The largest absolute Gasteiger partial charge is 0.370 e. The molecule has 1 aromatic rings. The molecule has 13 heavy (non-hydrogen) atoms. The molecule has 0 aliphatic carbocycles. The molecule has 0 saturated heterocycles.